The fourth-order valence-corrected chi connectivity index (χ4v) is 1.54. The highest BCUT2D eigenvalue weighted by molar-refractivity contribution is 9.10. The minimum atomic E-state index is -0.0444. The van der Waals surface area contributed by atoms with Crippen molar-refractivity contribution >= 4 is 27.5 Å². The van der Waals surface area contributed by atoms with Crippen LogP contribution in [-0.2, 0) is 9.53 Å². The van der Waals surface area contributed by atoms with E-state index in [1.54, 1.807) is 7.11 Å². The number of nitrogens with one attached hydrogen (secondary N) is 2. The Balaban J connectivity index is 2.26. The largest absolute Gasteiger partial charge is 0.383 e. The molecule has 0 saturated carbocycles. The van der Waals surface area contributed by atoms with Crippen molar-refractivity contribution < 1.29 is 9.53 Å². The molecule has 16 heavy (non-hydrogen) atoms. The first-order chi connectivity index (χ1) is 7.72. The van der Waals surface area contributed by atoms with Gasteiger partial charge in [0.2, 0.25) is 5.91 Å². The van der Waals surface area contributed by atoms with Gasteiger partial charge in [-0.2, -0.15) is 0 Å². The number of anilines is 1. The molecule has 1 rings (SSSR count). The molecule has 4 nitrogen and oxygen atoms in total. The first-order valence-corrected chi connectivity index (χ1v) is 5.77. The lowest BCUT2D eigenvalue weighted by Crippen LogP contribution is -2.32. The van der Waals surface area contributed by atoms with Gasteiger partial charge in [0.15, 0.2) is 0 Å². The summed E-state index contributed by atoms with van der Waals surface area (Å²) in [7, 11) is 1.60. The summed E-state index contributed by atoms with van der Waals surface area (Å²) in [5.41, 5.74) is 0.913. The van der Waals surface area contributed by atoms with E-state index in [0.717, 1.165) is 10.2 Å². The minimum absolute atomic E-state index is 0.0444. The van der Waals surface area contributed by atoms with Crippen molar-refractivity contribution in [3.63, 3.8) is 0 Å². The maximum absolute atomic E-state index is 11.3. The van der Waals surface area contributed by atoms with E-state index in [1.165, 1.54) is 0 Å². The molecular formula is C11H15BrN2O2. The number of benzene rings is 1. The van der Waals surface area contributed by atoms with Crippen LogP contribution >= 0.6 is 15.9 Å². The van der Waals surface area contributed by atoms with Gasteiger partial charge in [0, 0.05) is 23.8 Å². The van der Waals surface area contributed by atoms with Crippen LogP contribution in [0.5, 0.6) is 0 Å². The molecule has 0 spiro atoms. The van der Waals surface area contributed by atoms with Gasteiger partial charge >= 0.3 is 0 Å². The molecule has 0 saturated heterocycles. The normalized spacial score (nSPS) is 9.88. The standard InChI is InChI=1S/C11H15BrN2O2/c1-16-6-5-13-11(15)8-14-10-4-2-3-9(12)7-10/h2-4,7,14H,5-6,8H2,1H3,(H,13,15). The molecule has 1 aromatic rings. The summed E-state index contributed by atoms with van der Waals surface area (Å²) in [5.74, 6) is -0.0444. The number of halogens is 1. The van der Waals surface area contributed by atoms with E-state index in [9.17, 15) is 4.79 Å². The van der Waals surface area contributed by atoms with E-state index < -0.39 is 0 Å². The molecule has 0 fully saturated rings. The van der Waals surface area contributed by atoms with Gasteiger partial charge in [0.25, 0.3) is 0 Å². The van der Waals surface area contributed by atoms with Crippen molar-refractivity contribution in [1.29, 1.82) is 0 Å². The first-order valence-electron chi connectivity index (χ1n) is 4.97. The predicted octanol–water partition coefficient (Wildman–Crippen LogP) is 1.62. The average molecular weight is 287 g/mol. The molecule has 0 aliphatic carbocycles. The molecule has 5 heteroatoms. The average Bonchev–Trinajstić information content (AvgIpc) is 2.27. The van der Waals surface area contributed by atoms with Gasteiger partial charge in [-0.3, -0.25) is 4.79 Å². The van der Waals surface area contributed by atoms with E-state index in [1.807, 2.05) is 24.3 Å². The van der Waals surface area contributed by atoms with Crippen molar-refractivity contribution in [2.45, 2.75) is 0 Å². The molecule has 2 N–H and O–H groups in total. The van der Waals surface area contributed by atoms with Gasteiger partial charge in [0.05, 0.1) is 13.2 Å². The van der Waals surface area contributed by atoms with Crippen LogP contribution in [0.15, 0.2) is 28.7 Å². The summed E-state index contributed by atoms with van der Waals surface area (Å²) in [4.78, 5) is 11.3. The molecule has 0 heterocycles. The zero-order chi connectivity index (χ0) is 11.8. The summed E-state index contributed by atoms with van der Waals surface area (Å²) in [6.07, 6.45) is 0. The molecule has 1 amide bonds. The summed E-state index contributed by atoms with van der Waals surface area (Å²) < 4.78 is 5.81. The molecule has 0 unspecified atom stereocenters. The Hall–Kier alpha value is -1.07. The number of carbonyl (C=O) groups is 1. The van der Waals surface area contributed by atoms with Gasteiger partial charge < -0.3 is 15.4 Å². The lowest BCUT2D eigenvalue weighted by Gasteiger charge is -2.07. The highest BCUT2D eigenvalue weighted by Crippen LogP contribution is 2.14. The monoisotopic (exact) mass is 286 g/mol. The zero-order valence-corrected chi connectivity index (χ0v) is 10.7. The van der Waals surface area contributed by atoms with Gasteiger partial charge in [-0.1, -0.05) is 22.0 Å². The third kappa shape index (κ3) is 5.14. The number of methoxy groups -OCH3 is 1. The van der Waals surface area contributed by atoms with E-state index in [2.05, 4.69) is 26.6 Å². The molecule has 0 atom stereocenters. The Morgan fingerprint density at radius 1 is 1.50 bits per heavy atom. The van der Waals surface area contributed by atoms with Crippen LogP contribution in [0.1, 0.15) is 0 Å². The van der Waals surface area contributed by atoms with E-state index in [0.29, 0.717) is 13.2 Å². The second-order valence-corrected chi connectivity index (χ2v) is 4.12. The SMILES string of the molecule is COCCNC(=O)CNc1cccc(Br)c1. The Labute approximate surface area is 103 Å². The first kappa shape index (κ1) is 13.0. The van der Waals surface area contributed by atoms with E-state index in [4.69, 9.17) is 4.74 Å². The topological polar surface area (TPSA) is 50.4 Å². The Kier molecular flexibility index (Phi) is 5.88. The number of hydrogen-bond donors (Lipinski definition) is 2. The lowest BCUT2D eigenvalue weighted by molar-refractivity contribution is -0.119. The summed E-state index contributed by atoms with van der Waals surface area (Å²) in [6.45, 7) is 1.33. The highest BCUT2D eigenvalue weighted by Gasteiger charge is 2.00. The Bertz CT molecular complexity index is 345. The third-order valence-corrected chi connectivity index (χ3v) is 2.40. The van der Waals surface area contributed by atoms with Gasteiger partial charge in [-0.15, -0.1) is 0 Å². The summed E-state index contributed by atoms with van der Waals surface area (Å²) in [6, 6.07) is 7.68. The molecule has 0 aliphatic heterocycles. The maximum Gasteiger partial charge on any atom is 0.239 e. The maximum atomic E-state index is 11.3. The van der Waals surface area contributed by atoms with Gasteiger partial charge in [-0.25, -0.2) is 0 Å². The van der Waals surface area contributed by atoms with Crippen LogP contribution < -0.4 is 10.6 Å². The molecule has 0 bridgehead atoms. The smallest absolute Gasteiger partial charge is 0.239 e. The number of rotatable bonds is 6. The quantitative estimate of drug-likeness (QED) is 0.782. The van der Waals surface area contributed by atoms with Crippen molar-refractivity contribution in [3.8, 4) is 0 Å². The van der Waals surface area contributed by atoms with Gasteiger partial charge in [0.1, 0.15) is 0 Å². The molecule has 1 aromatic carbocycles. The van der Waals surface area contributed by atoms with Crippen LogP contribution in [0, 0.1) is 0 Å². The molecular weight excluding hydrogens is 272 g/mol. The van der Waals surface area contributed by atoms with Crippen molar-refractivity contribution in [1.82, 2.24) is 5.32 Å². The lowest BCUT2D eigenvalue weighted by atomic mass is 10.3. The number of carbonyl (C=O) groups excluding carboxylic acids is 1. The van der Waals surface area contributed by atoms with Crippen LogP contribution in [0.3, 0.4) is 0 Å². The second-order valence-electron chi connectivity index (χ2n) is 3.21. The molecule has 0 radical (unpaired) electrons. The van der Waals surface area contributed by atoms with Crippen LogP contribution in [0.4, 0.5) is 5.69 Å². The summed E-state index contributed by atoms with van der Waals surface area (Å²) in [5, 5.41) is 5.76. The Morgan fingerprint density at radius 2 is 2.31 bits per heavy atom. The van der Waals surface area contributed by atoms with Gasteiger partial charge in [-0.05, 0) is 18.2 Å². The van der Waals surface area contributed by atoms with Crippen LogP contribution in [0.2, 0.25) is 0 Å². The second kappa shape index (κ2) is 7.24. The van der Waals surface area contributed by atoms with Crippen LogP contribution in [0.25, 0.3) is 0 Å². The van der Waals surface area contributed by atoms with E-state index in [-0.39, 0.29) is 12.5 Å². The zero-order valence-electron chi connectivity index (χ0n) is 9.13. The van der Waals surface area contributed by atoms with Crippen molar-refractivity contribution in [3.05, 3.63) is 28.7 Å². The van der Waals surface area contributed by atoms with Crippen LogP contribution in [-0.4, -0.2) is 32.7 Å². The Morgan fingerprint density at radius 3 is 3.00 bits per heavy atom. The molecule has 88 valence electrons. The minimum Gasteiger partial charge on any atom is -0.383 e. The van der Waals surface area contributed by atoms with Crippen molar-refractivity contribution in [2.24, 2.45) is 0 Å². The number of ether oxygens (including phenoxy) is 1. The number of amides is 1. The summed E-state index contributed by atoms with van der Waals surface area (Å²) >= 11 is 3.36. The third-order valence-electron chi connectivity index (χ3n) is 1.91. The van der Waals surface area contributed by atoms with E-state index >= 15 is 0 Å². The predicted molar refractivity (Wildman–Crippen MR) is 67.5 cm³/mol. The highest BCUT2D eigenvalue weighted by atomic mass is 79.9. The molecule has 0 aromatic heterocycles. The fraction of sp³-hybridized carbons (Fsp3) is 0.364. The fourth-order valence-electron chi connectivity index (χ4n) is 1.14. The molecule has 0 aliphatic rings. The van der Waals surface area contributed by atoms with Crippen molar-refractivity contribution in [2.75, 3.05) is 32.1 Å². The number of hydrogen-bond acceptors (Lipinski definition) is 3.